The van der Waals surface area contributed by atoms with Crippen LogP contribution < -0.4 is 10.2 Å². The highest BCUT2D eigenvalue weighted by atomic mass is 32.1. The van der Waals surface area contributed by atoms with E-state index in [1.54, 1.807) is 0 Å². The third-order valence-electron chi connectivity index (χ3n) is 3.79. The molecule has 0 saturated carbocycles. The average molecular weight is 287 g/mol. The van der Waals surface area contributed by atoms with Crippen LogP contribution in [0.15, 0.2) is 24.3 Å². The third-order valence-corrected chi connectivity index (χ3v) is 4.98. The number of nitrogens with zero attached hydrogens (tertiary/aromatic N) is 2. The van der Waals surface area contributed by atoms with Crippen LogP contribution in [0.25, 0.3) is 0 Å². The molecule has 3 rings (SSSR count). The molecule has 106 valence electrons. The molecule has 1 N–H and O–H groups in total. The summed E-state index contributed by atoms with van der Waals surface area (Å²) in [6, 6.07) is 8.72. The molecule has 3 nitrogen and oxygen atoms in total. The standard InChI is InChI=1S/C16H21N3S/c1-11-8-13-6-4-5-7-14(13)19(10-11)16-18-12(2)15(20-16)9-17-3/h4-7,11,17H,8-10H2,1-3H3. The minimum atomic E-state index is 0.668. The maximum absolute atomic E-state index is 4.79. The number of anilines is 2. The van der Waals surface area contributed by atoms with Gasteiger partial charge in [-0.15, -0.1) is 0 Å². The summed E-state index contributed by atoms with van der Waals surface area (Å²) in [5.74, 6) is 0.668. The number of aryl methyl sites for hydroxylation is 1. The van der Waals surface area contributed by atoms with Crippen LogP contribution >= 0.6 is 11.3 Å². The van der Waals surface area contributed by atoms with Crippen LogP contribution in [0.2, 0.25) is 0 Å². The van der Waals surface area contributed by atoms with Crippen molar-refractivity contribution in [3.05, 3.63) is 40.4 Å². The normalized spacial score (nSPS) is 18.1. The van der Waals surface area contributed by atoms with E-state index in [1.807, 2.05) is 18.4 Å². The number of para-hydroxylation sites is 1. The SMILES string of the molecule is CNCc1sc(N2CC(C)Cc3ccccc32)nc1C. The van der Waals surface area contributed by atoms with Crippen LogP contribution in [0.3, 0.4) is 0 Å². The summed E-state index contributed by atoms with van der Waals surface area (Å²) in [6.45, 7) is 6.38. The summed E-state index contributed by atoms with van der Waals surface area (Å²) < 4.78 is 0. The summed E-state index contributed by atoms with van der Waals surface area (Å²) >= 11 is 1.81. The van der Waals surface area contributed by atoms with Crippen molar-refractivity contribution in [2.75, 3.05) is 18.5 Å². The maximum Gasteiger partial charge on any atom is 0.190 e. The van der Waals surface area contributed by atoms with Gasteiger partial charge in [0.1, 0.15) is 0 Å². The van der Waals surface area contributed by atoms with Crippen molar-refractivity contribution in [1.82, 2.24) is 10.3 Å². The number of rotatable bonds is 3. The predicted molar refractivity (Wildman–Crippen MR) is 85.9 cm³/mol. The van der Waals surface area contributed by atoms with Gasteiger partial charge in [-0.1, -0.05) is 36.5 Å². The fourth-order valence-corrected chi connectivity index (χ4v) is 3.93. The van der Waals surface area contributed by atoms with Crippen LogP contribution in [0.1, 0.15) is 23.1 Å². The van der Waals surface area contributed by atoms with Gasteiger partial charge in [-0.25, -0.2) is 4.98 Å². The van der Waals surface area contributed by atoms with Crippen molar-refractivity contribution in [3.8, 4) is 0 Å². The van der Waals surface area contributed by atoms with E-state index in [4.69, 9.17) is 4.98 Å². The Hall–Kier alpha value is -1.39. The molecule has 2 aromatic rings. The zero-order chi connectivity index (χ0) is 14.1. The Morgan fingerprint density at radius 2 is 2.20 bits per heavy atom. The van der Waals surface area contributed by atoms with Gasteiger partial charge in [-0.3, -0.25) is 0 Å². The summed E-state index contributed by atoms with van der Waals surface area (Å²) in [5, 5.41) is 4.35. The zero-order valence-corrected chi connectivity index (χ0v) is 13.1. The molecule has 1 aliphatic heterocycles. The van der Waals surface area contributed by atoms with E-state index in [1.165, 1.54) is 22.5 Å². The van der Waals surface area contributed by atoms with Gasteiger partial charge in [0.25, 0.3) is 0 Å². The summed E-state index contributed by atoms with van der Waals surface area (Å²) in [5.41, 5.74) is 3.92. The molecule has 1 unspecified atom stereocenters. The molecule has 0 fully saturated rings. The fourth-order valence-electron chi connectivity index (χ4n) is 2.83. The Morgan fingerprint density at radius 1 is 1.40 bits per heavy atom. The molecule has 0 spiro atoms. The largest absolute Gasteiger partial charge is 0.317 e. The van der Waals surface area contributed by atoms with E-state index < -0.39 is 0 Å². The zero-order valence-electron chi connectivity index (χ0n) is 12.3. The van der Waals surface area contributed by atoms with Crippen LogP contribution in [0.4, 0.5) is 10.8 Å². The molecule has 1 aromatic heterocycles. The average Bonchev–Trinajstić information content (AvgIpc) is 2.79. The Labute approximate surface area is 124 Å². The van der Waals surface area contributed by atoms with Crippen LogP contribution in [-0.4, -0.2) is 18.6 Å². The van der Waals surface area contributed by atoms with Crippen LogP contribution in [0, 0.1) is 12.8 Å². The lowest BCUT2D eigenvalue weighted by Gasteiger charge is -2.32. The Morgan fingerprint density at radius 3 is 3.00 bits per heavy atom. The highest BCUT2D eigenvalue weighted by molar-refractivity contribution is 7.15. The van der Waals surface area contributed by atoms with Gasteiger partial charge in [-0.2, -0.15) is 0 Å². The van der Waals surface area contributed by atoms with Gasteiger partial charge < -0.3 is 10.2 Å². The first-order valence-electron chi connectivity index (χ1n) is 7.15. The minimum absolute atomic E-state index is 0.668. The van der Waals surface area contributed by atoms with Crippen molar-refractivity contribution < 1.29 is 0 Å². The number of thiazole rings is 1. The molecule has 0 aliphatic carbocycles. The lowest BCUT2D eigenvalue weighted by molar-refractivity contribution is 0.562. The molecule has 1 aromatic carbocycles. The maximum atomic E-state index is 4.79. The van der Waals surface area contributed by atoms with E-state index in [2.05, 4.69) is 48.3 Å². The smallest absolute Gasteiger partial charge is 0.190 e. The van der Waals surface area contributed by atoms with Crippen molar-refractivity contribution in [3.63, 3.8) is 0 Å². The van der Waals surface area contributed by atoms with Crippen LogP contribution in [0.5, 0.6) is 0 Å². The Bertz CT molecular complexity index is 606. The van der Waals surface area contributed by atoms with E-state index in [9.17, 15) is 0 Å². The quantitative estimate of drug-likeness (QED) is 0.936. The summed E-state index contributed by atoms with van der Waals surface area (Å²) in [6.07, 6.45) is 1.17. The molecule has 0 radical (unpaired) electrons. The van der Waals surface area contributed by atoms with E-state index in [0.29, 0.717) is 5.92 Å². The van der Waals surface area contributed by atoms with Gasteiger partial charge in [-0.05, 0) is 37.9 Å². The number of nitrogens with one attached hydrogen (secondary N) is 1. The van der Waals surface area contributed by atoms with E-state index >= 15 is 0 Å². The molecule has 1 aliphatic rings. The lowest BCUT2D eigenvalue weighted by Crippen LogP contribution is -2.30. The highest BCUT2D eigenvalue weighted by Gasteiger charge is 2.25. The molecule has 20 heavy (non-hydrogen) atoms. The summed E-state index contributed by atoms with van der Waals surface area (Å²) in [7, 11) is 1.98. The Kier molecular flexibility index (Phi) is 3.76. The van der Waals surface area contributed by atoms with Gasteiger partial charge in [0.15, 0.2) is 5.13 Å². The molecular weight excluding hydrogens is 266 g/mol. The molecular formula is C16H21N3S. The fraction of sp³-hybridized carbons (Fsp3) is 0.438. The van der Waals surface area contributed by atoms with Gasteiger partial charge >= 0.3 is 0 Å². The van der Waals surface area contributed by atoms with Crippen molar-refractivity contribution in [2.45, 2.75) is 26.8 Å². The van der Waals surface area contributed by atoms with Crippen molar-refractivity contribution >= 4 is 22.2 Å². The second-order valence-electron chi connectivity index (χ2n) is 5.58. The highest BCUT2D eigenvalue weighted by Crippen LogP contribution is 2.37. The van der Waals surface area contributed by atoms with Gasteiger partial charge in [0.05, 0.1) is 5.69 Å². The number of aromatic nitrogens is 1. The lowest BCUT2D eigenvalue weighted by atomic mass is 9.94. The van der Waals surface area contributed by atoms with Crippen molar-refractivity contribution in [1.29, 1.82) is 0 Å². The van der Waals surface area contributed by atoms with E-state index in [0.717, 1.165) is 23.9 Å². The van der Waals surface area contributed by atoms with E-state index in [-0.39, 0.29) is 0 Å². The molecule has 4 heteroatoms. The number of benzene rings is 1. The molecule has 1 atom stereocenters. The monoisotopic (exact) mass is 287 g/mol. The topological polar surface area (TPSA) is 28.2 Å². The first kappa shape index (κ1) is 13.6. The predicted octanol–water partition coefficient (Wildman–Crippen LogP) is 3.50. The number of hydrogen-bond acceptors (Lipinski definition) is 4. The third kappa shape index (κ3) is 2.45. The molecule has 2 heterocycles. The number of hydrogen-bond donors (Lipinski definition) is 1. The van der Waals surface area contributed by atoms with Crippen LogP contribution in [-0.2, 0) is 13.0 Å². The summed E-state index contributed by atoms with van der Waals surface area (Å²) in [4.78, 5) is 8.51. The number of fused-ring (bicyclic) bond motifs is 1. The first-order valence-corrected chi connectivity index (χ1v) is 7.97. The second-order valence-corrected chi connectivity index (χ2v) is 6.65. The molecule has 0 saturated heterocycles. The first-order chi connectivity index (χ1) is 9.69. The molecule has 0 amide bonds. The molecule has 0 bridgehead atoms. The van der Waals surface area contributed by atoms with Gasteiger partial charge in [0, 0.05) is 23.7 Å². The minimum Gasteiger partial charge on any atom is -0.317 e. The Balaban J connectivity index is 1.99. The van der Waals surface area contributed by atoms with Gasteiger partial charge in [0.2, 0.25) is 0 Å². The van der Waals surface area contributed by atoms with Crippen molar-refractivity contribution in [2.24, 2.45) is 5.92 Å². The second kappa shape index (κ2) is 5.54.